The number of nitrogens with zero attached hydrogens (tertiary/aromatic N) is 1. The Morgan fingerprint density at radius 3 is 2.29 bits per heavy atom. The molecule has 0 saturated carbocycles. The van der Waals surface area contributed by atoms with Crippen LogP contribution in [0, 0.1) is 6.57 Å². The molecule has 1 atom stereocenters. The first-order valence-corrected chi connectivity index (χ1v) is 8.67. The van der Waals surface area contributed by atoms with Crippen molar-refractivity contribution in [1.82, 2.24) is 5.32 Å². The smallest absolute Gasteiger partial charge is 0.305 e. The highest BCUT2D eigenvalue weighted by Crippen LogP contribution is 2.24. The molecule has 0 aromatic heterocycles. The predicted octanol–water partition coefficient (Wildman–Crippen LogP) is 3.27. The summed E-state index contributed by atoms with van der Waals surface area (Å²) in [5, 5.41) is 20.3. The van der Waals surface area contributed by atoms with Gasteiger partial charge in [0.1, 0.15) is 0 Å². The molecule has 0 aliphatic carbocycles. The second-order valence-electron chi connectivity index (χ2n) is 6.32. The second kappa shape index (κ2) is 9.88. The zero-order chi connectivity index (χ0) is 20.5. The minimum absolute atomic E-state index is 0.193. The Kier molecular flexibility index (Phi) is 7.28. The van der Waals surface area contributed by atoms with Gasteiger partial charge in [-0.3, -0.25) is 14.4 Å². The van der Waals surface area contributed by atoms with E-state index in [1.54, 1.807) is 12.1 Å². The average molecular weight is 380 g/mol. The van der Waals surface area contributed by atoms with Crippen molar-refractivity contribution in [2.24, 2.45) is 0 Å². The quantitative estimate of drug-likeness (QED) is 0.579. The standard InChI is InChI=1S/C21H20N2O5/c1-22-17-4-2-3-16(12-17)15-7-5-14(6-8-15)11-18(13-21(27)28)23-19(24)9-10-20(25)26/h2-8,12,18H,9-11,13H2,(H,23,24)(H,25,26)(H,27,28)/t18-/m1/s1. The molecule has 0 bridgehead atoms. The highest BCUT2D eigenvalue weighted by molar-refractivity contribution is 5.81. The molecule has 0 fully saturated rings. The monoisotopic (exact) mass is 380 g/mol. The van der Waals surface area contributed by atoms with Gasteiger partial charge in [-0.2, -0.15) is 0 Å². The molecule has 1 amide bonds. The Balaban J connectivity index is 2.07. The third-order valence-electron chi connectivity index (χ3n) is 4.10. The number of benzene rings is 2. The number of carboxylic acid groups (broad SMARTS) is 2. The van der Waals surface area contributed by atoms with Crippen LogP contribution in [0.1, 0.15) is 24.8 Å². The summed E-state index contributed by atoms with van der Waals surface area (Å²) < 4.78 is 0. The van der Waals surface area contributed by atoms with E-state index in [4.69, 9.17) is 16.8 Å². The van der Waals surface area contributed by atoms with Crippen molar-refractivity contribution >= 4 is 23.5 Å². The van der Waals surface area contributed by atoms with Crippen LogP contribution in [0.4, 0.5) is 5.69 Å². The number of nitrogens with one attached hydrogen (secondary N) is 1. The van der Waals surface area contributed by atoms with Crippen molar-refractivity contribution in [1.29, 1.82) is 0 Å². The van der Waals surface area contributed by atoms with Gasteiger partial charge in [0, 0.05) is 12.5 Å². The first-order valence-electron chi connectivity index (χ1n) is 8.67. The lowest BCUT2D eigenvalue weighted by atomic mass is 9.99. The van der Waals surface area contributed by atoms with Gasteiger partial charge in [0.15, 0.2) is 5.69 Å². The van der Waals surface area contributed by atoms with Crippen LogP contribution in [0.3, 0.4) is 0 Å². The van der Waals surface area contributed by atoms with Crippen molar-refractivity contribution in [2.75, 3.05) is 0 Å². The van der Waals surface area contributed by atoms with Gasteiger partial charge in [-0.15, -0.1) is 0 Å². The van der Waals surface area contributed by atoms with Gasteiger partial charge in [0.05, 0.1) is 19.4 Å². The summed E-state index contributed by atoms with van der Waals surface area (Å²) in [6.07, 6.45) is -0.438. The fourth-order valence-electron chi connectivity index (χ4n) is 2.78. The molecule has 144 valence electrons. The van der Waals surface area contributed by atoms with Gasteiger partial charge < -0.3 is 15.5 Å². The van der Waals surface area contributed by atoms with Gasteiger partial charge >= 0.3 is 11.9 Å². The Labute approximate surface area is 162 Å². The van der Waals surface area contributed by atoms with Crippen LogP contribution in [-0.4, -0.2) is 34.1 Å². The molecule has 0 heterocycles. The third-order valence-corrected chi connectivity index (χ3v) is 4.10. The van der Waals surface area contributed by atoms with E-state index < -0.39 is 23.9 Å². The maximum absolute atomic E-state index is 11.8. The predicted molar refractivity (Wildman–Crippen MR) is 103 cm³/mol. The van der Waals surface area contributed by atoms with E-state index in [9.17, 15) is 14.4 Å². The number of hydrogen-bond donors (Lipinski definition) is 3. The van der Waals surface area contributed by atoms with Crippen LogP contribution in [0.2, 0.25) is 0 Å². The third kappa shape index (κ3) is 6.57. The molecule has 7 heteroatoms. The number of hydrogen-bond acceptors (Lipinski definition) is 3. The van der Waals surface area contributed by atoms with E-state index in [1.807, 2.05) is 36.4 Å². The molecule has 0 radical (unpaired) electrons. The summed E-state index contributed by atoms with van der Waals surface area (Å²) >= 11 is 0. The molecule has 0 unspecified atom stereocenters. The van der Waals surface area contributed by atoms with E-state index in [2.05, 4.69) is 10.2 Å². The first-order chi connectivity index (χ1) is 13.4. The molecule has 2 aromatic carbocycles. The summed E-state index contributed by atoms with van der Waals surface area (Å²) in [6, 6.07) is 14.1. The Morgan fingerprint density at radius 1 is 0.964 bits per heavy atom. The first kappa shape index (κ1) is 20.6. The molecule has 0 aliphatic rings. The van der Waals surface area contributed by atoms with Gasteiger partial charge in [-0.25, -0.2) is 4.85 Å². The van der Waals surface area contributed by atoms with Crippen LogP contribution in [-0.2, 0) is 20.8 Å². The zero-order valence-corrected chi connectivity index (χ0v) is 15.1. The maximum atomic E-state index is 11.8. The van der Waals surface area contributed by atoms with Crippen molar-refractivity contribution in [3.63, 3.8) is 0 Å². The van der Waals surface area contributed by atoms with E-state index in [1.165, 1.54) is 0 Å². The lowest BCUT2D eigenvalue weighted by Gasteiger charge is -2.17. The molecule has 7 nitrogen and oxygen atoms in total. The molecule has 28 heavy (non-hydrogen) atoms. The summed E-state index contributed by atoms with van der Waals surface area (Å²) in [5.41, 5.74) is 3.22. The fraction of sp³-hybridized carbons (Fsp3) is 0.238. The Bertz CT molecular complexity index is 900. The summed E-state index contributed by atoms with van der Waals surface area (Å²) in [4.78, 5) is 36.9. The fourth-order valence-corrected chi connectivity index (χ4v) is 2.78. The van der Waals surface area contributed by atoms with E-state index in [0.717, 1.165) is 16.7 Å². The number of aliphatic carboxylic acids is 2. The number of carbonyl (C=O) groups excluding carboxylic acids is 1. The number of amides is 1. The molecule has 2 rings (SSSR count). The average Bonchev–Trinajstić information content (AvgIpc) is 2.66. The second-order valence-corrected chi connectivity index (χ2v) is 6.32. The maximum Gasteiger partial charge on any atom is 0.305 e. The largest absolute Gasteiger partial charge is 0.481 e. The zero-order valence-electron chi connectivity index (χ0n) is 15.1. The molecule has 0 spiro atoms. The van der Waals surface area contributed by atoms with Crippen molar-refractivity contribution in [2.45, 2.75) is 31.7 Å². The number of carbonyl (C=O) groups is 3. The lowest BCUT2D eigenvalue weighted by Crippen LogP contribution is -2.38. The summed E-state index contributed by atoms with van der Waals surface area (Å²) in [5.74, 6) is -2.61. The Hall–Kier alpha value is -3.66. The SMILES string of the molecule is [C-]#[N+]c1cccc(-c2ccc(C[C@H](CC(=O)O)NC(=O)CCC(=O)O)cc2)c1. The van der Waals surface area contributed by atoms with Crippen LogP contribution < -0.4 is 5.32 Å². The summed E-state index contributed by atoms with van der Waals surface area (Å²) in [7, 11) is 0. The molecule has 0 saturated heterocycles. The normalized spacial score (nSPS) is 11.2. The van der Waals surface area contributed by atoms with E-state index in [0.29, 0.717) is 12.1 Å². The lowest BCUT2D eigenvalue weighted by molar-refractivity contribution is -0.140. The van der Waals surface area contributed by atoms with Crippen molar-refractivity contribution in [3.8, 4) is 11.1 Å². The van der Waals surface area contributed by atoms with Crippen molar-refractivity contribution in [3.05, 3.63) is 65.5 Å². The highest BCUT2D eigenvalue weighted by Gasteiger charge is 2.17. The minimum atomic E-state index is -1.08. The van der Waals surface area contributed by atoms with Gasteiger partial charge in [-0.05, 0) is 29.2 Å². The van der Waals surface area contributed by atoms with Crippen LogP contribution in [0.5, 0.6) is 0 Å². The minimum Gasteiger partial charge on any atom is -0.481 e. The van der Waals surface area contributed by atoms with Gasteiger partial charge in [-0.1, -0.05) is 42.5 Å². The number of carboxylic acids is 2. The molecule has 3 N–H and O–H groups in total. The van der Waals surface area contributed by atoms with Gasteiger partial charge in [0.25, 0.3) is 0 Å². The molecular formula is C21H20N2O5. The van der Waals surface area contributed by atoms with E-state index >= 15 is 0 Å². The van der Waals surface area contributed by atoms with Crippen LogP contribution >= 0.6 is 0 Å². The Morgan fingerprint density at radius 2 is 1.68 bits per heavy atom. The van der Waals surface area contributed by atoms with Gasteiger partial charge in [0.2, 0.25) is 5.91 Å². The highest BCUT2D eigenvalue weighted by atomic mass is 16.4. The molecular weight excluding hydrogens is 360 g/mol. The van der Waals surface area contributed by atoms with E-state index in [-0.39, 0.29) is 19.3 Å². The summed E-state index contributed by atoms with van der Waals surface area (Å²) in [6.45, 7) is 7.09. The number of rotatable bonds is 9. The topological polar surface area (TPSA) is 108 Å². The molecule has 0 aliphatic heterocycles. The van der Waals surface area contributed by atoms with Crippen LogP contribution in [0.25, 0.3) is 16.0 Å². The van der Waals surface area contributed by atoms with Crippen molar-refractivity contribution < 1.29 is 24.6 Å². The molecule has 2 aromatic rings. The van der Waals surface area contributed by atoms with Crippen LogP contribution in [0.15, 0.2) is 48.5 Å².